The Hall–Kier alpha value is -1.84. The third-order valence-corrected chi connectivity index (χ3v) is 3.03. The van der Waals surface area contributed by atoms with Gasteiger partial charge in [-0.2, -0.15) is 0 Å². The van der Waals surface area contributed by atoms with Gasteiger partial charge in [-0.3, -0.25) is 9.59 Å². The van der Waals surface area contributed by atoms with Crippen molar-refractivity contribution in [2.24, 2.45) is 5.92 Å². The van der Waals surface area contributed by atoms with Crippen LogP contribution in [0.2, 0.25) is 0 Å². The predicted octanol–water partition coefficient (Wildman–Crippen LogP) is 1.89. The molecule has 0 saturated carbocycles. The lowest BCUT2D eigenvalue weighted by atomic mass is 10.1. The van der Waals surface area contributed by atoms with Crippen LogP contribution in [0.3, 0.4) is 0 Å². The maximum atomic E-state index is 12.2. The van der Waals surface area contributed by atoms with E-state index in [2.05, 4.69) is 4.74 Å². The number of benzene rings is 1. The molecular formula is C15H21NO3. The van der Waals surface area contributed by atoms with Crippen molar-refractivity contribution in [2.45, 2.75) is 20.3 Å². The van der Waals surface area contributed by atoms with E-state index in [9.17, 15) is 9.59 Å². The topological polar surface area (TPSA) is 46.6 Å². The van der Waals surface area contributed by atoms with E-state index < -0.39 is 0 Å². The molecule has 0 aliphatic heterocycles. The summed E-state index contributed by atoms with van der Waals surface area (Å²) in [6, 6.07) is 9.60. The Morgan fingerprint density at radius 3 is 2.42 bits per heavy atom. The van der Waals surface area contributed by atoms with E-state index in [0.717, 1.165) is 5.56 Å². The minimum Gasteiger partial charge on any atom is -0.469 e. The molecule has 1 rings (SSSR count). The number of amides is 1. The van der Waals surface area contributed by atoms with Crippen LogP contribution in [-0.4, -0.2) is 37.0 Å². The third kappa shape index (κ3) is 4.73. The van der Waals surface area contributed by atoms with Crippen LogP contribution in [0.25, 0.3) is 0 Å². The molecule has 0 fully saturated rings. The standard InChI is InChI=1S/C15H21NO3/c1-4-16(11-12(2)15(18)19-3)14(17)10-13-8-6-5-7-9-13/h5-9,12H,4,10-11H2,1-3H3. The minimum absolute atomic E-state index is 0.0319. The van der Waals surface area contributed by atoms with Crippen molar-refractivity contribution in [3.8, 4) is 0 Å². The third-order valence-electron chi connectivity index (χ3n) is 3.03. The number of likely N-dealkylation sites (N-methyl/N-ethyl adjacent to an activating group) is 1. The fourth-order valence-corrected chi connectivity index (χ4v) is 1.90. The second kappa shape index (κ2) is 7.56. The van der Waals surface area contributed by atoms with Crippen molar-refractivity contribution in [3.05, 3.63) is 35.9 Å². The van der Waals surface area contributed by atoms with Crippen molar-refractivity contribution in [1.29, 1.82) is 0 Å². The van der Waals surface area contributed by atoms with E-state index in [1.807, 2.05) is 37.3 Å². The van der Waals surface area contributed by atoms with Crippen molar-refractivity contribution < 1.29 is 14.3 Å². The minimum atomic E-state index is -0.301. The smallest absolute Gasteiger partial charge is 0.310 e. The molecule has 4 heteroatoms. The summed E-state index contributed by atoms with van der Waals surface area (Å²) in [7, 11) is 1.36. The molecule has 0 radical (unpaired) electrons. The zero-order valence-electron chi connectivity index (χ0n) is 11.8. The van der Waals surface area contributed by atoms with Crippen LogP contribution in [0.4, 0.5) is 0 Å². The molecule has 0 bridgehead atoms. The van der Waals surface area contributed by atoms with E-state index in [0.29, 0.717) is 19.5 Å². The van der Waals surface area contributed by atoms with Gasteiger partial charge in [0.1, 0.15) is 0 Å². The number of esters is 1. The maximum absolute atomic E-state index is 12.2. The molecule has 1 amide bonds. The van der Waals surface area contributed by atoms with Crippen LogP contribution < -0.4 is 0 Å². The number of nitrogens with zero attached hydrogens (tertiary/aromatic N) is 1. The van der Waals surface area contributed by atoms with Crippen LogP contribution in [0.15, 0.2) is 30.3 Å². The molecule has 1 aromatic rings. The normalized spacial score (nSPS) is 11.7. The number of rotatable bonds is 6. The van der Waals surface area contributed by atoms with Crippen LogP contribution in [0, 0.1) is 5.92 Å². The first-order chi connectivity index (χ1) is 9.08. The summed E-state index contributed by atoms with van der Waals surface area (Å²) in [6.45, 7) is 4.67. The lowest BCUT2D eigenvalue weighted by molar-refractivity contribution is -0.146. The molecule has 0 spiro atoms. The van der Waals surface area contributed by atoms with E-state index in [1.165, 1.54) is 7.11 Å². The zero-order valence-corrected chi connectivity index (χ0v) is 11.8. The summed E-state index contributed by atoms with van der Waals surface area (Å²) in [5, 5.41) is 0. The summed E-state index contributed by atoms with van der Waals surface area (Å²) in [5.41, 5.74) is 0.983. The Bertz CT molecular complexity index is 417. The van der Waals surface area contributed by atoms with Gasteiger partial charge in [0.15, 0.2) is 0 Å². The van der Waals surface area contributed by atoms with E-state index in [1.54, 1.807) is 11.8 Å². The van der Waals surface area contributed by atoms with Crippen LogP contribution in [-0.2, 0) is 20.7 Å². The highest BCUT2D eigenvalue weighted by Gasteiger charge is 2.20. The number of methoxy groups -OCH3 is 1. The molecule has 0 heterocycles. The highest BCUT2D eigenvalue weighted by atomic mass is 16.5. The van der Waals surface area contributed by atoms with Gasteiger partial charge in [-0.1, -0.05) is 37.3 Å². The first kappa shape index (κ1) is 15.2. The first-order valence-electron chi connectivity index (χ1n) is 6.48. The number of ether oxygens (including phenoxy) is 1. The van der Waals surface area contributed by atoms with Crippen molar-refractivity contribution >= 4 is 11.9 Å². The predicted molar refractivity (Wildman–Crippen MR) is 73.6 cm³/mol. The number of hydrogen-bond acceptors (Lipinski definition) is 3. The Balaban J connectivity index is 2.59. The second-order valence-corrected chi connectivity index (χ2v) is 4.52. The van der Waals surface area contributed by atoms with Crippen molar-refractivity contribution in [3.63, 3.8) is 0 Å². The molecule has 104 valence electrons. The fourth-order valence-electron chi connectivity index (χ4n) is 1.90. The van der Waals surface area contributed by atoms with Gasteiger partial charge in [-0.25, -0.2) is 0 Å². The number of carbonyl (C=O) groups is 2. The lowest BCUT2D eigenvalue weighted by Crippen LogP contribution is -2.38. The molecule has 0 N–H and O–H groups in total. The van der Waals surface area contributed by atoms with Gasteiger partial charge < -0.3 is 9.64 Å². The molecule has 0 aromatic heterocycles. The largest absolute Gasteiger partial charge is 0.469 e. The Morgan fingerprint density at radius 2 is 1.89 bits per heavy atom. The maximum Gasteiger partial charge on any atom is 0.310 e. The van der Waals surface area contributed by atoms with Crippen LogP contribution in [0.5, 0.6) is 0 Å². The first-order valence-corrected chi connectivity index (χ1v) is 6.48. The molecule has 0 saturated heterocycles. The van der Waals surface area contributed by atoms with Gasteiger partial charge >= 0.3 is 5.97 Å². The van der Waals surface area contributed by atoms with Crippen LogP contribution in [0.1, 0.15) is 19.4 Å². The van der Waals surface area contributed by atoms with Gasteiger partial charge in [0, 0.05) is 13.1 Å². The molecule has 1 atom stereocenters. The molecule has 19 heavy (non-hydrogen) atoms. The number of hydrogen-bond donors (Lipinski definition) is 0. The molecule has 1 unspecified atom stereocenters. The zero-order chi connectivity index (χ0) is 14.3. The summed E-state index contributed by atoms with van der Waals surface area (Å²) < 4.78 is 4.68. The van der Waals surface area contributed by atoms with Gasteiger partial charge in [0.05, 0.1) is 19.4 Å². The monoisotopic (exact) mass is 263 g/mol. The number of carbonyl (C=O) groups excluding carboxylic acids is 2. The molecule has 0 aliphatic rings. The summed E-state index contributed by atoms with van der Waals surface area (Å²) in [4.78, 5) is 25.2. The molecule has 4 nitrogen and oxygen atoms in total. The van der Waals surface area contributed by atoms with Gasteiger partial charge in [0.2, 0.25) is 5.91 Å². The SMILES string of the molecule is CCN(CC(C)C(=O)OC)C(=O)Cc1ccccc1. The van der Waals surface area contributed by atoms with E-state index in [4.69, 9.17) is 0 Å². The van der Waals surface area contributed by atoms with Gasteiger partial charge in [-0.05, 0) is 12.5 Å². The second-order valence-electron chi connectivity index (χ2n) is 4.52. The van der Waals surface area contributed by atoms with Crippen molar-refractivity contribution in [1.82, 2.24) is 4.90 Å². The molecule has 0 aliphatic carbocycles. The van der Waals surface area contributed by atoms with Crippen molar-refractivity contribution in [2.75, 3.05) is 20.2 Å². The van der Waals surface area contributed by atoms with Crippen LogP contribution >= 0.6 is 0 Å². The summed E-state index contributed by atoms with van der Waals surface area (Å²) in [5.74, 6) is -0.555. The van der Waals surface area contributed by atoms with Gasteiger partial charge in [-0.15, -0.1) is 0 Å². The molecular weight excluding hydrogens is 242 g/mol. The Labute approximate surface area is 114 Å². The summed E-state index contributed by atoms with van der Waals surface area (Å²) in [6.07, 6.45) is 0.364. The lowest BCUT2D eigenvalue weighted by Gasteiger charge is -2.23. The Morgan fingerprint density at radius 1 is 1.26 bits per heavy atom. The quantitative estimate of drug-likeness (QED) is 0.736. The highest BCUT2D eigenvalue weighted by Crippen LogP contribution is 2.07. The average Bonchev–Trinajstić information content (AvgIpc) is 2.44. The fraction of sp³-hybridized carbons (Fsp3) is 0.467. The Kier molecular flexibility index (Phi) is 6.06. The molecule has 1 aromatic carbocycles. The average molecular weight is 263 g/mol. The highest BCUT2D eigenvalue weighted by molar-refractivity contribution is 5.80. The summed E-state index contributed by atoms with van der Waals surface area (Å²) >= 11 is 0. The van der Waals surface area contributed by atoms with E-state index >= 15 is 0 Å². The van der Waals surface area contributed by atoms with E-state index in [-0.39, 0.29) is 17.8 Å². The van der Waals surface area contributed by atoms with Gasteiger partial charge in [0.25, 0.3) is 0 Å².